The van der Waals surface area contributed by atoms with Crippen LogP contribution in [0.4, 0.5) is 4.39 Å². The van der Waals surface area contributed by atoms with E-state index in [0.717, 1.165) is 17.1 Å². The van der Waals surface area contributed by atoms with Crippen molar-refractivity contribution >= 4 is 0 Å². The SMILES string of the molecule is Cc1nccc(CN[C@@H](C)c2ccc(F)cc2)n1. The highest BCUT2D eigenvalue weighted by atomic mass is 19.1. The first-order valence-corrected chi connectivity index (χ1v) is 5.92. The van der Waals surface area contributed by atoms with Gasteiger partial charge in [-0.05, 0) is 37.6 Å². The fraction of sp³-hybridized carbons (Fsp3) is 0.286. The summed E-state index contributed by atoms with van der Waals surface area (Å²) in [4.78, 5) is 8.37. The molecule has 0 aliphatic heterocycles. The molecule has 1 aromatic carbocycles. The molecule has 2 rings (SSSR count). The predicted octanol–water partition coefficient (Wildman–Crippen LogP) is 2.77. The number of hydrogen-bond donors (Lipinski definition) is 1. The van der Waals surface area contributed by atoms with E-state index in [4.69, 9.17) is 0 Å². The molecular weight excluding hydrogens is 229 g/mol. The molecule has 0 fully saturated rings. The fourth-order valence-electron chi connectivity index (χ4n) is 1.73. The minimum atomic E-state index is -0.211. The lowest BCUT2D eigenvalue weighted by molar-refractivity contribution is 0.563. The standard InChI is InChI=1S/C14H16FN3/c1-10(12-3-5-13(15)6-4-12)17-9-14-7-8-16-11(2)18-14/h3-8,10,17H,9H2,1-2H3/t10-/m0/s1. The number of nitrogens with one attached hydrogen (secondary N) is 1. The summed E-state index contributed by atoms with van der Waals surface area (Å²) in [6.45, 7) is 4.58. The van der Waals surface area contributed by atoms with E-state index in [1.54, 1.807) is 18.3 Å². The van der Waals surface area contributed by atoms with Gasteiger partial charge in [-0.15, -0.1) is 0 Å². The van der Waals surface area contributed by atoms with Crippen LogP contribution in [0.1, 0.15) is 30.0 Å². The second-order valence-corrected chi connectivity index (χ2v) is 4.25. The van der Waals surface area contributed by atoms with Crippen molar-refractivity contribution in [2.45, 2.75) is 26.4 Å². The first kappa shape index (κ1) is 12.6. The van der Waals surface area contributed by atoms with Gasteiger partial charge >= 0.3 is 0 Å². The van der Waals surface area contributed by atoms with Crippen molar-refractivity contribution in [2.75, 3.05) is 0 Å². The largest absolute Gasteiger partial charge is 0.305 e. The van der Waals surface area contributed by atoms with Crippen molar-refractivity contribution in [3.63, 3.8) is 0 Å². The van der Waals surface area contributed by atoms with Gasteiger partial charge in [0.2, 0.25) is 0 Å². The van der Waals surface area contributed by atoms with Gasteiger partial charge in [0, 0.05) is 18.8 Å². The van der Waals surface area contributed by atoms with E-state index < -0.39 is 0 Å². The van der Waals surface area contributed by atoms with Gasteiger partial charge < -0.3 is 5.32 Å². The van der Waals surface area contributed by atoms with Crippen LogP contribution in [0.15, 0.2) is 36.5 Å². The Morgan fingerprint density at radius 3 is 2.61 bits per heavy atom. The van der Waals surface area contributed by atoms with Crippen LogP contribution in [0.2, 0.25) is 0 Å². The van der Waals surface area contributed by atoms with Gasteiger partial charge in [-0.25, -0.2) is 14.4 Å². The molecule has 0 unspecified atom stereocenters. The molecule has 1 atom stereocenters. The quantitative estimate of drug-likeness (QED) is 0.900. The lowest BCUT2D eigenvalue weighted by Crippen LogP contribution is -2.19. The van der Waals surface area contributed by atoms with Crippen molar-refractivity contribution in [3.05, 3.63) is 59.4 Å². The second kappa shape index (κ2) is 5.69. The summed E-state index contributed by atoms with van der Waals surface area (Å²) in [5, 5.41) is 3.35. The molecule has 94 valence electrons. The monoisotopic (exact) mass is 245 g/mol. The Morgan fingerprint density at radius 2 is 1.94 bits per heavy atom. The van der Waals surface area contributed by atoms with Crippen LogP contribution < -0.4 is 5.32 Å². The third-order valence-electron chi connectivity index (χ3n) is 2.79. The van der Waals surface area contributed by atoms with Crippen molar-refractivity contribution in [2.24, 2.45) is 0 Å². The molecule has 18 heavy (non-hydrogen) atoms. The summed E-state index contributed by atoms with van der Waals surface area (Å²) < 4.78 is 12.8. The topological polar surface area (TPSA) is 37.8 Å². The summed E-state index contributed by atoms with van der Waals surface area (Å²) >= 11 is 0. The Balaban J connectivity index is 1.96. The van der Waals surface area contributed by atoms with Gasteiger partial charge in [0.15, 0.2) is 0 Å². The van der Waals surface area contributed by atoms with E-state index >= 15 is 0 Å². The molecule has 0 radical (unpaired) electrons. The van der Waals surface area contributed by atoms with Crippen LogP contribution in [0.3, 0.4) is 0 Å². The zero-order chi connectivity index (χ0) is 13.0. The third kappa shape index (κ3) is 3.34. The number of halogens is 1. The Morgan fingerprint density at radius 1 is 1.22 bits per heavy atom. The summed E-state index contributed by atoms with van der Waals surface area (Å²) in [5.74, 6) is 0.557. The van der Waals surface area contributed by atoms with Crippen LogP contribution in [0, 0.1) is 12.7 Å². The van der Waals surface area contributed by atoms with E-state index in [-0.39, 0.29) is 11.9 Å². The van der Waals surface area contributed by atoms with Crippen molar-refractivity contribution in [3.8, 4) is 0 Å². The van der Waals surface area contributed by atoms with Gasteiger partial charge in [-0.1, -0.05) is 12.1 Å². The van der Waals surface area contributed by atoms with Crippen LogP contribution in [0.25, 0.3) is 0 Å². The lowest BCUT2D eigenvalue weighted by atomic mass is 10.1. The molecule has 0 saturated heterocycles. The number of aryl methyl sites for hydroxylation is 1. The normalized spacial score (nSPS) is 12.4. The molecule has 0 aliphatic rings. The third-order valence-corrected chi connectivity index (χ3v) is 2.79. The van der Waals surface area contributed by atoms with Crippen LogP contribution in [0.5, 0.6) is 0 Å². The lowest BCUT2D eigenvalue weighted by Gasteiger charge is -2.14. The molecule has 4 heteroatoms. The summed E-state index contributed by atoms with van der Waals surface area (Å²) in [6, 6.07) is 8.57. The van der Waals surface area contributed by atoms with Crippen LogP contribution in [-0.4, -0.2) is 9.97 Å². The number of nitrogens with zero attached hydrogens (tertiary/aromatic N) is 2. The Labute approximate surface area is 106 Å². The van der Waals surface area contributed by atoms with Gasteiger partial charge in [0.25, 0.3) is 0 Å². The smallest absolute Gasteiger partial charge is 0.125 e. The predicted molar refractivity (Wildman–Crippen MR) is 68.4 cm³/mol. The Bertz CT molecular complexity index is 511. The number of benzene rings is 1. The molecular formula is C14H16FN3. The van der Waals surface area contributed by atoms with Crippen LogP contribution in [-0.2, 0) is 6.54 Å². The zero-order valence-electron chi connectivity index (χ0n) is 10.5. The summed E-state index contributed by atoms with van der Waals surface area (Å²) in [6.07, 6.45) is 1.75. The van der Waals surface area contributed by atoms with E-state index in [9.17, 15) is 4.39 Å². The number of hydrogen-bond acceptors (Lipinski definition) is 3. The fourth-order valence-corrected chi connectivity index (χ4v) is 1.73. The highest BCUT2D eigenvalue weighted by Gasteiger charge is 2.05. The molecule has 0 saturated carbocycles. The summed E-state index contributed by atoms with van der Waals surface area (Å²) in [7, 11) is 0. The molecule has 2 aromatic rings. The van der Waals surface area contributed by atoms with Crippen molar-refractivity contribution in [1.82, 2.24) is 15.3 Å². The van der Waals surface area contributed by atoms with Crippen LogP contribution >= 0.6 is 0 Å². The summed E-state index contributed by atoms with van der Waals surface area (Å²) in [5.41, 5.74) is 2.01. The maximum atomic E-state index is 12.8. The average Bonchev–Trinajstić information content (AvgIpc) is 2.37. The average molecular weight is 245 g/mol. The maximum Gasteiger partial charge on any atom is 0.125 e. The molecule has 0 amide bonds. The molecule has 0 spiro atoms. The molecule has 1 N–H and O–H groups in total. The first-order valence-electron chi connectivity index (χ1n) is 5.92. The van der Waals surface area contributed by atoms with Gasteiger partial charge in [0.1, 0.15) is 11.6 Å². The molecule has 1 aromatic heterocycles. The minimum absolute atomic E-state index is 0.154. The highest BCUT2D eigenvalue weighted by Crippen LogP contribution is 2.13. The second-order valence-electron chi connectivity index (χ2n) is 4.25. The number of rotatable bonds is 4. The van der Waals surface area contributed by atoms with Crippen molar-refractivity contribution < 1.29 is 4.39 Å². The van der Waals surface area contributed by atoms with E-state index in [2.05, 4.69) is 15.3 Å². The van der Waals surface area contributed by atoms with E-state index in [0.29, 0.717) is 6.54 Å². The maximum absolute atomic E-state index is 12.8. The van der Waals surface area contributed by atoms with E-state index in [1.807, 2.05) is 19.9 Å². The molecule has 1 heterocycles. The number of aromatic nitrogens is 2. The van der Waals surface area contributed by atoms with E-state index in [1.165, 1.54) is 12.1 Å². The minimum Gasteiger partial charge on any atom is -0.305 e. The molecule has 0 bridgehead atoms. The van der Waals surface area contributed by atoms with Gasteiger partial charge in [-0.3, -0.25) is 0 Å². The Hall–Kier alpha value is -1.81. The van der Waals surface area contributed by atoms with Crippen molar-refractivity contribution in [1.29, 1.82) is 0 Å². The Kier molecular flexibility index (Phi) is 3.99. The van der Waals surface area contributed by atoms with Gasteiger partial charge in [0.05, 0.1) is 5.69 Å². The molecule has 0 aliphatic carbocycles. The zero-order valence-corrected chi connectivity index (χ0v) is 10.5. The first-order chi connectivity index (χ1) is 8.65. The van der Waals surface area contributed by atoms with Gasteiger partial charge in [-0.2, -0.15) is 0 Å². The molecule has 3 nitrogen and oxygen atoms in total. The highest BCUT2D eigenvalue weighted by molar-refractivity contribution is 5.19.